The second-order valence-corrected chi connectivity index (χ2v) is 7.82. The zero-order chi connectivity index (χ0) is 20.1. The van der Waals surface area contributed by atoms with E-state index in [4.69, 9.17) is 16.3 Å². The molecular formula is C20H22Cl3N5O2S. The van der Waals surface area contributed by atoms with Crippen molar-refractivity contribution in [3.63, 3.8) is 0 Å². The summed E-state index contributed by atoms with van der Waals surface area (Å²) < 4.78 is 5.80. The highest BCUT2D eigenvalue weighted by Crippen LogP contribution is 2.26. The Morgan fingerprint density at radius 3 is 2.84 bits per heavy atom. The molecule has 1 aromatic carbocycles. The molecular weight excluding hydrogens is 481 g/mol. The largest absolute Gasteiger partial charge is 0.490 e. The number of nitrogens with zero attached hydrogens (tertiary/aromatic N) is 3. The first kappa shape index (κ1) is 25.2. The van der Waals surface area contributed by atoms with Gasteiger partial charge >= 0.3 is 6.03 Å². The van der Waals surface area contributed by atoms with Gasteiger partial charge in [0.25, 0.3) is 0 Å². The minimum Gasteiger partial charge on any atom is -0.490 e. The minimum absolute atomic E-state index is 0. The van der Waals surface area contributed by atoms with Crippen LogP contribution in [0.15, 0.2) is 54.2 Å². The molecule has 0 saturated carbocycles. The molecule has 0 bridgehead atoms. The van der Waals surface area contributed by atoms with E-state index in [-0.39, 0.29) is 36.9 Å². The summed E-state index contributed by atoms with van der Waals surface area (Å²) in [6.07, 6.45) is 3.36. The standard InChI is InChI=1S/C20H20ClN5O2S.2ClH/c21-15-5-3-14(4-6-15)18-13-29-19(24-18)25-20(27)26-9-8-23-10-16(26)12-28-17-2-1-7-22-11-17;;/h1-7,11,13,16,23H,8-10,12H2,(H,24,25,27);2*1H. The third-order valence-corrected chi connectivity index (χ3v) is 5.56. The number of benzene rings is 1. The smallest absolute Gasteiger partial charge is 0.324 e. The van der Waals surface area contributed by atoms with Crippen LogP contribution in [0.25, 0.3) is 11.3 Å². The van der Waals surface area contributed by atoms with Gasteiger partial charge in [0.05, 0.1) is 17.9 Å². The molecule has 7 nitrogen and oxygen atoms in total. The number of ether oxygens (including phenoxy) is 1. The highest BCUT2D eigenvalue weighted by Gasteiger charge is 2.27. The van der Waals surface area contributed by atoms with Crippen molar-refractivity contribution in [1.29, 1.82) is 0 Å². The Labute approximate surface area is 202 Å². The summed E-state index contributed by atoms with van der Waals surface area (Å²) in [4.78, 5) is 23.2. The van der Waals surface area contributed by atoms with Gasteiger partial charge in [-0.05, 0) is 24.3 Å². The number of piperazine rings is 1. The lowest BCUT2D eigenvalue weighted by Gasteiger charge is -2.35. The Morgan fingerprint density at radius 1 is 1.29 bits per heavy atom. The van der Waals surface area contributed by atoms with E-state index in [1.54, 1.807) is 17.3 Å². The number of anilines is 1. The SMILES string of the molecule is Cl.Cl.O=C(Nc1nc(-c2ccc(Cl)cc2)cs1)N1CCNCC1COc1cccnc1. The van der Waals surface area contributed by atoms with Gasteiger partial charge < -0.3 is 15.0 Å². The molecule has 1 saturated heterocycles. The molecule has 166 valence electrons. The van der Waals surface area contributed by atoms with Crippen LogP contribution in [0.2, 0.25) is 5.02 Å². The number of carbonyl (C=O) groups excluding carboxylic acids is 1. The molecule has 31 heavy (non-hydrogen) atoms. The van der Waals surface area contributed by atoms with Gasteiger partial charge in [-0.15, -0.1) is 36.2 Å². The number of carbonyl (C=O) groups is 1. The molecule has 1 aliphatic rings. The van der Waals surface area contributed by atoms with E-state index in [9.17, 15) is 4.79 Å². The number of amides is 2. The van der Waals surface area contributed by atoms with Crippen molar-refractivity contribution in [2.24, 2.45) is 0 Å². The topological polar surface area (TPSA) is 79.4 Å². The summed E-state index contributed by atoms with van der Waals surface area (Å²) in [5.74, 6) is 0.686. The third-order valence-electron chi connectivity index (χ3n) is 4.55. The number of urea groups is 1. The van der Waals surface area contributed by atoms with E-state index in [0.29, 0.717) is 35.6 Å². The van der Waals surface area contributed by atoms with Crippen LogP contribution >= 0.6 is 47.8 Å². The Hall–Kier alpha value is -2.10. The first-order chi connectivity index (χ1) is 14.2. The molecule has 4 rings (SSSR count). The maximum absolute atomic E-state index is 12.8. The van der Waals surface area contributed by atoms with Crippen molar-refractivity contribution in [3.8, 4) is 17.0 Å². The van der Waals surface area contributed by atoms with E-state index in [1.165, 1.54) is 11.3 Å². The summed E-state index contributed by atoms with van der Waals surface area (Å²) in [7, 11) is 0. The lowest BCUT2D eigenvalue weighted by Crippen LogP contribution is -2.57. The van der Waals surface area contributed by atoms with Crippen molar-refractivity contribution in [1.82, 2.24) is 20.2 Å². The molecule has 0 radical (unpaired) electrons. The van der Waals surface area contributed by atoms with E-state index in [2.05, 4.69) is 20.6 Å². The van der Waals surface area contributed by atoms with Crippen LogP contribution < -0.4 is 15.4 Å². The molecule has 11 heteroatoms. The Bertz CT molecular complexity index is 959. The van der Waals surface area contributed by atoms with Gasteiger partial charge in [-0.1, -0.05) is 23.7 Å². The number of aromatic nitrogens is 2. The Balaban J connectivity index is 0.00000171. The summed E-state index contributed by atoms with van der Waals surface area (Å²) >= 11 is 7.33. The van der Waals surface area contributed by atoms with Crippen LogP contribution in [-0.4, -0.2) is 53.2 Å². The second kappa shape index (κ2) is 12.1. The van der Waals surface area contributed by atoms with Crippen molar-refractivity contribution < 1.29 is 9.53 Å². The van der Waals surface area contributed by atoms with Gasteiger partial charge in [-0.25, -0.2) is 9.78 Å². The zero-order valence-corrected chi connectivity index (χ0v) is 19.6. The fraction of sp³-hybridized carbons (Fsp3) is 0.250. The highest BCUT2D eigenvalue weighted by atomic mass is 35.5. The number of halogens is 3. The summed E-state index contributed by atoms with van der Waals surface area (Å²) in [6, 6.07) is 10.9. The lowest BCUT2D eigenvalue weighted by molar-refractivity contribution is 0.133. The first-order valence-corrected chi connectivity index (χ1v) is 10.5. The van der Waals surface area contributed by atoms with Crippen LogP contribution in [0, 0.1) is 0 Å². The molecule has 1 aliphatic heterocycles. The number of rotatable bonds is 5. The third kappa shape index (κ3) is 6.69. The van der Waals surface area contributed by atoms with Crippen LogP contribution in [0.3, 0.4) is 0 Å². The minimum atomic E-state index is -0.178. The molecule has 1 unspecified atom stereocenters. The molecule has 3 heterocycles. The van der Waals surface area contributed by atoms with Crippen LogP contribution in [0.5, 0.6) is 5.75 Å². The van der Waals surface area contributed by atoms with Crippen LogP contribution in [0.1, 0.15) is 0 Å². The summed E-state index contributed by atoms with van der Waals surface area (Å²) in [6.45, 7) is 2.40. The molecule has 2 aromatic heterocycles. The Morgan fingerprint density at radius 2 is 2.10 bits per heavy atom. The monoisotopic (exact) mass is 501 g/mol. The lowest BCUT2D eigenvalue weighted by atomic mass is 10.2. The van der Waals surface area contributed by atoms with Gasteiger partial charge in [-0.3, -0.25) is 10.3 Å². The average molecular weight is 503 g/mol. The zero-order valence-electron chi connectivity index (χ0n) is 16.4. The van der Waals surface area contributed by atoms with Gasteiger partial charge in [0.1, 0.15) is 12.4 Å². The normalized spacial score (nSPS) is 15.4. The van der Waals surface area contributed by atoms with Crippen molar-refractivity contribution in [2.45, 2.75) is 6.04 Å². The number of pyridine rings is 1. The second-order valence-electron chi connectivity index (χ2n) is 6.53. The molecule has 3 aromatic rings. The van der Waals surface area contributed by atoms with E-state index in [1.807, 2.05) is 41.8 Å². The molecule has 2 amide bonds. The first-order valence-electron chi connectivity index (χ1n) is 9.22. The summed E-state index contributed by atoms with van der Waals surface area (Å²) in [5, 5.41) is 9.38. The van der Waals surface area contributed by atoms with Crippen LogP contribution in [-0.2, 0) is 0 Å². The molecule has 0 aliphatic carbocycles. The number of hydrogen-bond donors (Lipinski definition) is 2. The van der Waals surface area contributed by atoms with Crippen molar-refractivity contribution >= 4 is 58.9 Å². The number of thiazole rings is 1. The van der Waals surface area contributed by atoms with Crippen LogP contribution in [0.4, 0.5) is 9.93 Å². The predicted octanol–water partition coefficient (Wildman–Crippen LogP) is 4.59. The fourth-order valence-corrected chi connectivity index (χ4v) is 3.89. The molecule has 1 fully saturated rings. The van der Waals surface area contributed by atoms with Gasteiger partial charge in [0.2, 0.25) is 0 Å². The van der Waals surface area contributed by atoms with E-state index in [0.717, 1.165) is 17.8 Å². The van der Waals surface area contributed by atoms with Gasteiger partial charge in [0, 0.05) is 41.8 Å². The maximum atomic E-state index is 12.8. The predicted molar refractivity (Wildman–Crippen MR) is 129 cm³/mol. The maximum Gasteiger partial charge on any atom is 0.324 e. The quantitative estimate of drug-likeness (QED) is 0.534. The molecule has 0 spiro atoms. The van der Waals surface area contributed by atoms with Gasteiger partial charge in [0.15, 0.2) is 5.13 Å². The summed E-state index contributed by atoms with van der Waals surface area (Å²) in [5.41, 5.74) is 1.76. The molecule has 2 N–H and O–H groups in total. The van der Waals surface area contributed by atoms with Crippen molar-refractivity contribution in [2.75, 3.05) is 31.6 Å². The molecule has 1 atom stereocenters. The van der Waals surface area contributed by atoms with Crippen molar-refractivity contribution in [3.05, 3.63) is 59.2 Å². The van der Waals surface area contributed by atoms with Gasteiger partial charge in [-0.2, -0.15) is 0 Å². The number of hydrogen-bond acceptors (Lipinski definition) is 6. The van der Waals surface area contributed by atoms with E-state index < -0.39 is 0 Å². The number of nitrogens with one attached hydrogen (secondary N) is 2. The Kier molecular flexibility index (Phi) is 9.80. The van der Waals surface area contributed by atoms with E-state index >= 15 is 0 Å². The highest BCUT2D eigenvalue weighted by molar-refractivity contribution is 7.14. The average Bonchev–Trinajstić information content (AvgIpc) is 3.22. The fourth-order valence-electron chi connectivity index (χ4n) is 3.05.